The third-order valence-corrected chi connectivity index (χ3v) is 5.79. The molecule has 172 valence electrons. The predicted molar refractivity (Wildman–Crippen MR) is 123 cm³/mol. The van der Waals surface area contributed by atoms with Gasteiger partial charge in [-0.25, -0.2) is 18.7 Å². The lowest BCUT2D eigenvalue weighted by atomic mass is 10.0. The van der Waals surface area contributed by atoms with Crippen LogP contribution in [0.1, 0.15) is 22.4 Å². The third-order valence-electron chi connectivity index (χ3n) is 5.79. The van der Waals surface area contributed by atoms with Crippen molar-refractivity contribution in [3.05, 3.63) is 76.7 Å². The Balaban J connectivity index is 1.52. The maximum atomic E-state index is 15.0. The van der Waals surface area contributed by atoms with Gasteiger partial charge in [-0.2, -0.15) is 5.26 Å². The molecule has 0 saturated carbocycles. The smallest absolute Gasteiger partial charge is 0.208 e. The van der Waals surface area contributed by atoms with Crippen LogP contribution in [-0.4, -0.2) is 40.0 Å². The SMILES string of the molecule is CN(C)Cc1ccc(-c2cnc(NCc3c(F)ccc4c3CCO4)n3cc(C#N)nc23)c(F)c1. The quantitative estimate of drug-likeness (QED) is 0.466. The van der Waals surface area contributed by atoms with E-state index in [9.17, 15) is 9.65 Å². The number of imidazole rings is 1. The summed E-state index contributed by atoms with van der Waals surface area (Å²) >= 11 is 0. The van der Waals surface area contributed by atoms with Crippen LogP contribution in [0.3, 0.4) is 0 Å². The first-order chi connectivity index (χ1) is 16.4. The van der Waals surface area contributed by atoms with Crippen molar-refractivity contribution in [1.29, 1.82) is 5.26 Å². The Morgan fingerprint density at radius 3 is 2.79 bits per heavy atom. The molecule has 9 heteroatoms. The lowest BCUT2D eigenvalue weighted by molar-refractivity contribution is 0.356. The minimum Gasteiger partial charge on any atom is -0.493 e. The molecule has 1 N–H and O–H groups in total. The first-order valence-electron chi connectivity index (χ1n) is 10.8. The minimum atomic E-state index is -0.396. The number of anilines is 1. The molecule has 0 unspecified atom stereocenters. The van der Waals surface area contributed by atoms with Gasteiger partial charge >= 0.3 is 0 Å². The van der Waals surface area contributed by atoms with E-state index in [4.69, 9.17) is 4.74 Å². The van der Waals surface area contributed by atoms with E-state index in [1.807, 2.05) is 31.1 Å². The maximum absolute atomic E-state index is 15.0. The van der Waals surface area contributed by atoms with Crippen LogP contribution in [0.5, 0.6) is 5.75 Å². The molecule has 0 saturated heterocycles. The second-order valence-corrected chi connectivity index (χ2v) is 8.43. The number of aromatic nitrogens is 3. The average Bonchev–Trinajstić information content (AvgIpc) is 3.46. The molecule has 2 aromatic heterocycles. The van der Waals surface area contributed by atoms with Gasteiger partial charge in [0, 0.05) is 48.0 Å². The van der Waals surface area contributed by atoms with Crippen molar-refractivity contribution in [1.82, 2.24) is 19.3 Å². The molecule has 4 aromatic rings. The van der Waals surface area contributed by atoms with Gasteiger partial charge in [0.1, 0.15) is 23.5 Å². The zero-order valence-electron chi connectivity index (χ0n) is 18.8. The molecule has 1 aliphatic heterocycles. The van der Waals surface area contributed by atoms with Crippen molar-refractivity contribution in [3.63, 3.8) is 0 Å². The Hall–Kier alpha value is -4.03. The van der Waals surface area contributed by atoms with Crippen LogP contribution in [0.4, 0.5) is 14.7 Å². The summed E-state index contributed by atoms with van der Waals surface area (Å²) in [5, 5.41) is 12.6. The van der Waals surface area contributed by atoms with Gasteiger partial charge in [0.15, 0.2) is 11.3 Å². The maximum Gasteiger partial charge on any atom is 0.208 e. The van der Waals surface area contributed by atoms with Crippen molar-refractivity contribution in [2.75, 3.05) is 26.0 Å². The van der Waals surface area contributed by atoms with E-state index in [0.717, 1.165) is 11.1 Å². The molecular weight excluding hydrogens is 438 g/mol. The van der Waals surface area contributed by atoms with Gasteiger partial charge in [-0.15, -0.1) is 0 Å². The van der Waals surface area contributed by atoms with E-state index >= 15 is 4.39 Å². The highest BCUT2D eigenvalue weighted by molar-refractivity contribution is 5.79. The van der Waals surface area contributed by atoms with E-state index in [1.165, 1.54) is 24.5 Å². The Morgan fingerprint density at radius 2 is 2.03 bits per heavy atom. The lowest BCUT2D eigenvalue weighted by Gasteiger charge is -2.14. The summed E-state index contributed by atoms with van der Waals surface area (Å²) in [6, 6.07) is 10.1. The molecule has 2 aromatic carbocycles. The summed E-state index contributed by atoms with van der Waals surface area (Å²) in [4.78, 5) is 10.8. The molecule has 0 aliphatic carbocycles. The molecule has 34 heavy (non-hydrogen) atoms. The van der Waals surface area contributed by atoms with Crippen LogP contribution >= 0.6 is 0 Å². The molecule has 0 atom stereocenters. The molecule has 0 bridgehead atoms. The average molecular weight is 460 g/mol. The number of fused-ring (bicyclic) bond motifs is 2. The summed E-state index contributed by atoms with van der Waals surface area (Å²) in [6.45, 7) is 1.31. The molecule has 1 aliphatic rings. The zero-order valence-corrected chi connectivity index (χ0v) is 18.8. The van der Waals surface area contributed by atoms with Gasteiger partial charge < -0.3 is 15.0 Å². The third kappa shape index (κ3) is 3.93. The molecule has 0 amide bonds. The number of ether oxygens (including phenoxy) is 1. The number of nitrogens with zero attached hydrogens (tertiary/aromatic N) is 5. The van der Waals surface area contributed by atoms with Crippen LogP contribution in [-0.2, 0) is 19.5 Å². The van der Waals surface area contributed by atoms with Gasteiger partial charge in [0.25, 0.3) is 0 Å². The number of rotatable bonds is 6. The molecule has 0 spiro atoms. The number of halogens is 2. The molecular formula is C25H22F2N6O. The number of benzene rings is 2. The van der Waals surface area contributed by atoms with Crippen molar-refractivity contribution in [3.8, 4) is 22.9 Å². The minimum absolute atomic E-state index is 0.169. The van der Waals surface area contributed by atoms with Gasteiger partial charge in [-0.3, -0.25) is 4.40 Å². The highest BCUT2D eigenvalue weighted by Crippen LogP contribution is 2.32. The fraction of sp³-hybridized carbons (Fsp3) is 0.240. The molecule has 7 nitrogen and oxygen atoms in total. The van der Waals surface area contributed by atoms with Gasteiger partial charge in [-0.05, 0) is 37.9 Å². The second-order valence-electron chi connectivity index (χ2n) is 8.43. The summed E-state index contributed by atoms with van der Waals surface area (Å²) in [5.74, 6) is 0.336. The van der Waals surface area contributed by atoms with E-state index in [-0.39, 0.29) is 18.1 Å². The van der Waals surface area contributed by atoms with Gasteiger partial charge in [0.05, 0.1) is 12.8 Å². The number of hydrogen-bond acceptors (Lipinski definition) is 6. The number of nitriles is 1. The van der Waals surface area contributed by atoms with Crippen LogP contribution in [0.2, 0.25) is 0 Å². The van der Waals surface area contributed by atoms with Crippen LogP contribution in [0.15, 0.2) is 42.7 Å². The Morgan fingerprint density at radius 1 is 1.18 bits per heavy atom. The largest absolute Gasteiger partial charge is 0.493 e. The van der Waals surface area contributed by atoms with Crippen LogP contribution < -0.4 is 10.1 Å². The monoisotopic (exact) mass is 460 g/mol. The summed E-state index contributed by atoms with van der Waals surface area (Å²) in [6.07, 6.45) is 3.69. The van der Waals surface area contributed by atoms with Crippen molar-refractivity contribution < 1.29 is 13.5 Å². The fourth-order valence-corrected chi connectivity index (χ4v) is 4.27. The zero-order chi connectivity index (χ0) is 23.8. The van der Waals surface area contributed by atoms with Crippen molar-refractivity contribution in [2.24, 2.45) is 0 Å². The number of hydrogen-bond donors (Lipinski definition) is 1. The topological polar surface area (TPSA) is 78.5 Å². The molecule has 0 radical (unpaired) electrons. The normalized spacial score (nSPS) is 12.6. The summed E-state index contributed by atoms with van der Waals surface area (Å²) in [7, 11) is 3.84. The van der Waals surface area contributed by atoms with E-state index < -0.39 is 5.82 Å². The first-order valence-corrected chi connectivity index (χ1v) is 10.8. The summed E-state index contributed by atoms with van der Waals surface area (Å²) < 4.78 is 36.7. The second kappa shape index (κ2) is 8.72. The molecule has 5 rings (SSSR count). The van der Waals surface area contributed by atoms with Gasteiger partial charge in [0.2, 0.25) is 5.95 Å². The lowest BCUT2D eigenvalue weighted by Crippen LogP contribution is -2.11. The highest BCUT2D eigenvalue weighted by Gasteiger charge is 2.21. The Kier molecular flexibility index (Phi) is 5.59. The van der Waals surface area contributed by atoms with Crippen LogP contribution in [0, 0.1) is 23.0 Å². The Bertz CT molecular complexity index is 1440. The molecule has 0 fully saturated rings. The first kappa shape index (κ1) is 21.8. The highest BCUT2D eigenvalue weighted by atomic mass is 19.1. The van der Waals surface area contributed by atoms with Crippen molar-refractivity contribution >= 4 is 11.6 Å². The summed E-state index contributed by atoms with van der Waals surface area (Å²) in [5.41, 5.74) is 3.54. The fourth-order valence-electron chi connectivity index (χ4n) is 4.27. The Labute approximate surface area is 195 Å². The van der Waals surface area contributed by atoms with Gasteiger partial charge in [-0.1, -0.05) is 12.1 Å². The van der Waals surface area contributed by atoms with E-state index in [2.05, 4.69) is 15.3 Å². The van der Waals surface area contributed by atoms with Crippen LogP contribution in [0.25, 0.3) is 16.8 Å². The number of nitrogens with one attached hydrogen (secondary N) is 1. The molecule has 3 heterocycles. The van der Waals surface area contributed by atoms with E-state index in [1.54, 1.807) is 16.5 Å². The standard InChI is InChI=1S/C25H22F2N6O/c1-32(2)13-15-3-4-17(22(27)9-15)20-12-30-25(33-14-16(10-28)31-24(20)33)29-11-19-18-7-8-34-23(18)6-5-21(19)26/h3-6,9,12,14H,7-8,11,13H2,1-2H3,(H,29,30). The van der Waals surface area contributed by atoms with Crippen molar-refractivity contribution in [2.45, 2.75) is 19.5 Å². The van der Waals surface area contributed by atoms with E-state index in [0.29, 0.717) is 53.6 Å². The predicted octanol–water partition coefficient (Wildman–Crippen LogP) is 4.15.